The maximum absolute atomic E-state index is 13.3. The summed E-state index contributed by atoms with van der Waals surface area (Å²) < 4.78 is 30.9. The van der Waals surface area contributed by atoms with Crippen LogP contribution in [0.2, 0.25) is 0 Å². The van der Waals surface area contributed by atoms with Crippen LogP contribution in [0.5, 0.6) is 0 Å². The Balaban J connectivity index is 2.34. The van der Waals surface area contributed by atoms with Crippen LogP contribution in [0, 0.1) is 11.6 Å². The minimum absolute atomic E-state index is 0.00291. The lowest BCUT2D eigenvalue weighted by molar-refractivity contribution is -0.142. The number of esters is 1. The number of hydrogen-bond acceptors (Lipinski definition) is 4. The first-order chi connectivity index (χ1) is 9.54. The van der Waals surface area contributed by atoms with Crippen molar-refractivity contribution in [2.45, 2.75) is 6.42 Å². The molecule has 7 heteroatoms. The van der Waals surface area contributed by atoms with Gasteiger partial charge in [-0.1, -0.05) is 0 Å². The zero-order chi connectivity index (χ0) is 15.0. The Labute approximate surface area is 119 Å². The summed E-state index contributed by atoms with van der Waals surface area (Å²) in [6.07, 6.45) is 1.90. The molecular formula is C13H15F2NO3S. The van der Waals surface area contributed by atoms with Crippen molar-refractivity contribution in [3.05, 3.63) is 35.4 Å². The molecule has 0 saturated heterocycles. The summed E-state index contributed by atoms with van der Waals surface area (Å²) in [5.41, 5.74) is -0.262. The molecule has 0 unspecified atom stereocenters. The molecule has 0 aromatic heterocycles. The first kappa shape index (κ1) is 16.4. The third kappa shape index (κ3) is 5.56. The lowest BCUT2D eigenvalue weighted by atomic mass is 10.2. The molecule has 0 heterocycles. The maximum Gasteiger partial charge on any atom is 0.307 e. The van der Waals surface area contributed by atoms with Crippen LogP contribution in [0.1, 0.15) is 16.8 Å². The summed E-state index contributed by atoms with van der Waals surface area (Å²) in [7, 11) is 0. The SMILES string of the molecule is CSCCOC(=O)CCNC(=O)c1ccc(F)cc1F. The quantitative estimate of drug-likeness (QED) is 0.618. The van der Waals surface area contributed by atoms with Gasteiger partial charge in [0.2, 0.25) is 0 Å². The molecule has 4 nitrogen and oxygen atoms in total. The van der Waals surface area contributed by atoms with Gasteiger partial charge in [0.25, 0.3) is 5.91 Å². The zero-order valence-corrected chi connectivity index (χ0v) is 11.8. The highest BCUT2D eigenvalue weighted by Crippen LogP contribution is 2.09. The highest BCUT2D eigenvalue weighted by molar-refractivity contribution is 7.98. The van der Waals surface area contributed by atoms with Crippen molar-refractivity contribution in [2.75, 3.05) is 25.2 Å². The second-order valence-corrected chi connectivity index (χ2v) is 4.83. The van der Waals surface area contributed by atoms with E-state index in [1.54, 1.807) is 11.8 Å². The zero-order valence-electron chi connectivity index (χ0n) is 10.9. The van der Waals surface area contributed by atoms with Crippen molar-refractivity contribution >= 4 is 23.6 Å². The molecule has 0 aliphatic rings. The number of carbonyl (C=O) groups excluding carboxylic acids is 2. The van der Waals surface area contributed by atoms with E-state index < -0.39 is 23.5 Å². The average Bonchev–Trinajstić information content (AvgIpc) is 2.38. The van der Waals surface area contributed by atoms with Crippen LogP contribution in [0.3, 0.4) is 0 Å². The first-order valence-corrected chi connectivity index (χ1v) is 7.31. The number of amides is 1. The van der Waals surface area contributed by atoms with Crippen LogP contribution in [-0.2, 0) is 9.53 Å². The molecule has 0 saturated carbocycles. The second-order valence-electron chi connectivity index (χ2n) is 3.84. The van der Waals surface area contributed by atoms with Crippen molar-refractivity contribution in [1.82, 2.24) is 5.32 Å². The molecule has 110 valence electrons. The van der Waals surface area contributed by atoms with E-state index in [9.17, 15) is 18.4 Å². The smallest absolute Gasteiger partial charge is 0.307 e. The molecule has 0 fully saturated rings. The van der Waals surface area contributed by atoms with Crippen LogP contribution in [0.15, 0.2) is 18.2 Å². The fourth-order valence-corrected chi connectivity index (χ4v) is 1.61. The van der Waals surface area contributed by atoms with E-state index >= 15 is 0 Å². The second kappa shape index (κ2) is 8.52. The number of ether oxygens (including phenoxy) is 1. The van der Waals surface area contributed by atoms with Crippen molar-refractivity contribution in [1.29, 1.82) is 0 Å². The summed E-state index contributed by atoms with van der Waals surface area (Å²) in [5, 5.41) is 2.37. The number of thioether (sulfide) groups is 1. The number of carbonyl (C=O) groups is 2. The number of benzene rings is 1. The molecule has 0 aliphatic carbocycles. The normalized spacial score (nSPS) is 10.2. The van der Waals surface area contributed by atoms with E-state index in [0.717, 1.165) is 12.1 Å². The number of nitrogens with one attached hydrogen (secondary N) is 1. The van der Waals surface area contributed by atoms with Gasteiger partial charge in [0.15, 0.2) is 0 Å². The molecule has 1 N–H and O–H groups in total. The minimum atomic E-state index is -0.940. The Bertz CT molecular complexity index is 483. The molecular weight excluding hydrogens is 288 g/mol. The molecule has 0 bridgehead atoms. The molecule has 1 amide bonds. The van der Waals surface area contributed by atoms with E-state index in [-0.39, 0.29) is 18.5 Å². The standard InChI is InChI=1S/C13H15F2NO3S/c1-20-7-6-19-12(17)4-5-16-13(18)10-3-2-9(14)8-11(10)15/h2-3,8H,4-7H2,1H3,(H,16,18). The Hall–Kier alpha value is -1.63. The van der Waals surface area contributed by atoms with Crippen LogP contribution in [-0.4, -0.2) is 37.0 Å². The average molecular weight is 303 g/mol. The van der Waals surface area contributed by atoms with Crippen molar-refractivity contribution in [3.63, 3.8) is 0 Å². The summed E-state index contributed by atoms with van der Waals surface area (Å²) in [6.45, 7) is 0.355. The van der Waals surface area contributed by atoms with Crippen LogP contribution < -0.4 is 5.32 Å². The lowest BCUT2D eigenvalue weighted by Crippen LogP contribution is -2.27. The third-order valence-electron chi connectivity index (χ3n) is 2.34. The van der Waals surface area contributed by atoms with Gasteiger partial charge in [0.05, 0.1) is 12.0 Å². The van der Waals surface area contributed by atoms with Gasteiger partial charge in [-0.2, -0.15) is 11.8 Å². The molecule has 0 spiro atoms. The summed E-state index contributed by atoms with van der Waals surface area (Å²) in [6, 6.07) is 2.68. The topological polar surface area (TPSA) is 55.4 Å². The van der Waals surface area contributed by atoms with Crippen LogP contribution in [0.25, 0.3) is 0 Å². The largest absolute Gasteiger partial charge is 0.465 e. The fraction of sp³-hybridized carbons (Fsp3) is 0.385. The summed E-state index contributed by atoms with van der Waals surface area (Å²) in [4.78, 5) is 22.8. The Kier molecular flexibility index (Phi) is 7.00. The third-order valence-corrected chi connectivity index (χ3v) is 2.92. The highest BCUT2D eigenvalue weighted by Gasteiger charge is 2.12. The van der Waals surface area contributed by atoms with Gasteiger partial charge in [-0.05, 0) is 18.4 Å². The molecule has 1 aromatic rings. The monoisotopic (exact) mass is 303 g/mol. The van der Waals surface area contributed by atoms with E-state index in [2.05, 4.69) is 5.32 Å². The Morgan fingerprint density at radius 1 is 1.35 bits per heavy atom. The van der Waals surface area contributed by atoms with E-state index in [1.807, 2.05) is 6.26 Å². The molecule has 0 atom stereocenters. The summed E-state index contributed by atoms with van der Waals surface area (Å²) >= 11 is 1.55. The van der Waals surface area contributed by atoms with Gasteiger partial charge >= 0.3 is 5.97 Å². The van der Waals surface area contributed by atoms with Crippen LogP contribution >= 0.6 is 11.8 Å². The molecule has 20 heavy (non-hydrogen) atoms. The highest BCUT2D eigenvalue weighted by atomic mass is 32.2. The first-order valence-electron chi connectivity index (χ1n) is 5.92. The minimum Gasteiger partial charge on any atom is -0.465 e. The molecule has 0 radical (unpaired) electrons. The van der Waals surface area contributed by atoms with Gasteiger partial charge in [-0.3, -0.25) is 9.59 Å². The predicted octanol–water partition coefficient (Wildman–Crippen LogP) is 1.99. The van der Waals surface area contributed by atoms with Gasteiger partial charge in [-0.15, -0.1) is 0 Å². The molecule has 0 aliphatic heterocycles. The fourth-order valence-electron chi connectivity index (χ4n) is 1.36. The molecule has 1 aromatic carbocycles. The number of rotatable bonds is 7. The van der Waals surface area contributed by atoms with Crippen molar-refractivity contribution in [3.8, 4) is 0 Å². The maximum atomic E-state index is 13.3. The van der Waals surface area contributed by atoms with Crippen molar-refractivity contribution in [2.24, 2.45) is 0 Å². The molecule has 1 rings (SSSR count). The van der Waals surface area contributed by atoms with E-state index in [4.69, 9.17) is 4.74 Å². The van der Waals surface area contributed by atoms with Gasteiger partial charge in [0, 0.05) is 18.4 Å². The summed E-state index contributed by atoms with van der Waals surface area (Å²) in [5.74, 6) is -2.11. The van der Waals surface area contributed by atoms with Gasteiger partial charge in [-0.25, -0.2) is 8.78 Å². The Morgan fingerprint density at radius 2 is 2.10 bits per heavy atom. The predicted molar refractivity (Wildman–Crippen MR) is 72.6 cm³/mol. The van der Waals surface area contributed by atoms with Crippen LogP contribution in [0.4, 0.5) is 8.78 Å². The number of hydrogen-bond donors (Lipinski definition) is 1. The Morgan fingerprint density at radius 3 is 2.75 bits per heavy atom. The van der Waals surface area contributed by atoms with E-state index in [0.29, 0.717) is 18.4 Å². The van der Waals surface area contributed by atoms with Crippen molar-refractivity contribution < 1.29 is 23.1 Å². The van der Waals surface area contributed by atoms with Gasteiger partial charge < -0.3 is 10.1 Å². The van der Waals surface area contributed by atoms with Gasteiger partial charge in [0.1, 0.15) is 18.2 Å². The lowest BCUT2D eigenvalue weighted by Gasteiger charge is -2.06. The van der Waals surface area contributed by atoms with E-state index in [1.165, 1.54) is 0 Å². The number of halogens is 2.